The zero-order valence-electron chi connectivity index (χ0n) is 15.2. The van der Waals surface area contributed by atoms with Gasteiger partial charge in [-0.1, -0.05) is 6.07 Å². The predicted octanol–water partition coefficient (Wildman–Crippen LogP) is 0.989. The maximum absolute atomic E-state index is 12.4. The molecule has 3 rings (SSSR count). The van der Waals surface area contributed by atoms with Crippen molar-refractivity contribution in [3.63, 3.8) is 0 Å². The van der Waals surface area contributed by atoms with Crippen LogP contribution < -0.4 is 5.32 Å². The number of nitrogens with zero attached hydrogens (tertiary/aromatic N) is 2. The number of amides is 3. The van der Waals surface area contributed by atoms with E-state index >= 15 is 0 Å². The Bertz CT molecular complexity index is 885. The molecule has 28 heavy (non-hydrogen) atoms. The maximum atomic E-state index is 12.4. The van der Waals surface area contributed by atoms with Crippen molar-refractivity contribution in [2.24, 2.45) is 0 Å². The number of nitrogens with one attached hydrogen (secondary N) is 1. The third-order valence-corrected chi connectivity index (χ3v) is 4.32. The monoisotopic (exact) mass is 385 g/mol. The molecule has 146 valence electrons. The van der Waals surface area contributed by atoms with Crippen molar-refractivity contribution in [3.8, 4) is 0 Å². The number of esters is 1. The molecule has 2 heterocycles. The molecule has 0 unspecified atom stereocenters. The molecule has 3 amide bonds. The molecule has 0 saturated carbocycles. The maximum Gasteiger partial charge on any atom is 0.337 e. The molecule has 1 N–H and O–H groups in total. The van der Waals surface area contributed by atoms with Crippen LogP contribution in [0.15, 0.2) is 47.1 Å². The van der Waals surface area contributed by atoms with Gasteiger partial charge < -0.3 is 24.3 Å². The topological polar surface area (TPSA) is 109 Å². The van der Waals surface area contributed by atoms with Gasteiger partial charge in [0.2, 0.25) is 0 Å². The molecule has 0 atom stereocenters. The Balaban J connectivity index is 1.55. The fraction of sp³-hybridized carbons (Fsp3) is 0.263. The number of anilines is 1. The lowest BCUT2D eigenvalue weighted by atomic mass is 10.2. The molecule has 1 aromatic heterocycles. The summed E-state index contributed by atoms with van der Waals surface area (Å²) in [4.78, 5) is 51.4. The Hall–Kier alpha value is -3.62. The molecule has 1 aliphatic heterocycles. The fourth-order valence-corrected chi connectivity index (χ4v) is 2.84. The van der Waals surface area contributed by atoms with Crippen LogP contribution in [-0.2, 0) is 14.3 Å². The van der Waals surface area contributed by atoms with Crippen LogP contribution in [0.3, 0.4) is 0 Å². The largest absolute Gasteiger partial charge is 0.465 e. The van der Waals surface area contributed by atoms with Gasteiger partial charge in [0.25, 0.3) is 5.91 Å². The van der Waals surface area contributed by atoms with E-state index in [1.807, 2.05) is 0 Å². The minimum Gasteiger partial charge on any atom is -0.465 e. The van der Waals surface area contributed by atoms with Crippen molar-refractivity contribution in [1.82, 2.24) is 9.80 Å². The highest BCUT2D eigenvalue weighted by Crippen LogP contribution is 2.13. The Morgan fingerprint density at radius 1 is 1.00 bits per heavy atom. The highest BCUT2D eigenvalue weighted by atomic mass is 16.5. The third kappa shape index (κ3) is 4.20. The quantitative estimate of drug-likeness (QED) is 0.623. The van der Waals surface area contributed by atoms with Crippen LogP contribution in [0.5, 0.6) is 0 Å². The number of piperazine rings is 1. The highest BCUT2D eigenvalue weighted by Gasteiger charge is 2.29. The molecule has 9 nitrogen and oxygen atoms in total. The van der Waals surface area contributed by atoms with Gasteiger partial charge in [-0.3, -0.25) is 14.4 Å². The van der Waals surface area contributed by atoms with Crippen LogP contribution in [0.1, 0.15) is 20.9 Å². The number of hydrogen-bond donors (Lipinski definition) is 1. The number of carbonyl (C=O) groups excluding carboxylic acids is 4. The fourth-order valence-electron chi connectivity index (χ4n) is 2.84. The van der Waals surface area contributed by atoms with Crippen molar-refractivity contribution in [1.29, 1.82) is 0 Å². The molecule has 0 spiro atoms. The van der Waals surface area contributed by atoms with E-state index in [0.29, 0.717) is 18.8 Å². The van der Waals surface area contributed by atoms with Gasteiger partial charge in [0, 0.05) is 31.9 Å². The number of ether oxygens (including phenoxy) is 1. The summed E-state index contributed by atoms with van der Waals surface area (Å²) in [6, 6.07) is 9.32. The second-order valence-corrected chi connectivity index (χ2v) is 6.09. The van der Waals surface area contributed by atoms with E-state index in [9.17, 15) is 19.2 Å². The molecular weight excluding hydrogens is 366 g/mol. The molecule has 0 bridgehead atoms. The van der Waals surface area contributed by atoms with Crippen molar-refractivity contribution in [2.75, 3.05) is 38.6 Å². The molecule has 1 saturated heterocycles. The molecular formula is C19H19N3O6. The number of furan rings is 1. The van der Waals surface area contributed by atoms with Gasteiger partial charge in [0.05, 0.1) is 18.9 Å². The molecule has 2 aromatic rings. The Kier molecular flexibility index (Phi) is 5.73. The normalized spacial score (nSPS) is 13.8. The minimum atomic E-state index is -0.812. The third-order valence-electron chi connectivity index (χ3n) is 4.32. The molecule has 0 radical (unpaired) electrons. The average Bonchev–Trinajstić information content (AvgIpc) is 3.27. The standard InChI is InChI=1S/C19H19N3O6/c1-27-19(26)13-4-2-5-14(12-13)20-16(23)18(25)22-9-7-21(8-10-22)17(24)15-6-3-11-28-15/h2-6,11-12H,7-10H2,1H3,(H,20,23). The van der Waals surface area contributed by atoms with E-state index in [2.05, 4.69) is 10.1 Å². The van der Waals surface area contributed by atoms with E-state index in [0.717, 1.165) is 0 Å². The van der Waals surface area contributed by atoms with E-state index in [1.165, 1.54) is 24.3 Å². The first-order valence-electron chi connectivity index (χ1n) is 8.61. The Morgan fingerprint density at radius 3 is 2.36 bits per heavy atom. The van der Waals surface area contributed by atoms with E-state index < -0.39 is 17.8 Å². The van der Waals surface area contributed by atoms with Crippen LogP contribution in [0.4, 0.5) is 5.69 Å². The molecule has 1 fully saturated rings. The second kappa shape index (κ2) is 8.38. The van der Waals surface area contributed by atoms with Gasteiger partial charge in [-0.25, -0.2) is 4.79 Å². The first-order valence-corrected chi connectivity index (χ1v) is 8.61. The number of carbonyl (C=O) groups is 4. The zero-order valence-corrected chi connectivity index (χ0v) is 15.2. The summed E-state index contributed by atoms with van der Waals surface area (Å²) in [6.07, 6.45) is 1.42. The van der Waals surface area contributed by atoms with Crippen LogP contribution in [0.2, 0.25) is 0 Å². The van der Waals surface area contributed by atoms with Crippen molar-refractivity contribution in [3.05, 3.63) is 54.0 Å². The van der Waals surface area contributed by atoms with Gasteiger partial charge >= 0.3 is 17.8 Å². The van der Waals surface area contributed by atoms with Gasteiger partial charge in [-0.15, -0.1) is 0 Å². The Morgan fingerprint density at radius 2 is 1.71 bits per heavy atom. The van der Waals surface area contributed by atoms with Crippen LogP contribution in [0, 0.1) is 0 Å². The SMILES string of the molecule is COC(=O)c1cccc(NC(=O)C(=O)N2CCN(C(=O)c3ccco3)CC2)c1. The smallest absolute Gasteiger partial charge is 0.337 e. The number of methoxy groups -OCH3 is 1. The summed E-state index contributed by atoms with van der Waals surface area (Å²) in [5.74, 6) is -2.06. The van der Waals surface area contributed by atoms with Crippen LogP contribution >= 0.6 is 0 Å². The summed E-state index contributed by atoms with van der Waals surface area (Å²) < 4.78 is 9.72. The molecule has 1 aliphatic rings. The van der Waals surface area contributed by atoms with E-state index in [-0.39, 0.29) is 30.3 Å². The first kappa shape index (κ1) is 19.2. The summed E-state index contributed by atoms with van der Waals surface area (Å²) in [6.45, 7) is 1.08. The minimum absolute atomic E-state index is 0.237. The Labute approximate surface area is 160 Å². The summed E-state index contributed by atoms with van der Waals surface area (Å²) in [5, 5.41) is 2.48. The molecule has 0 aliphatic carbocycles. The van der Waals surface area contributed by atoms with Gasteiger partial charge in [-0.05, 0) is 30.3 Å². The highest BCUT2D eigenvalue weighted by molar-refractivity contribution is 6.39. The van der Waals surface area contributed by atoms with Gasteiger partial charge in [-0.2, -0.15) is 0 Å². The number of benzene rings is 1. The van der Waals surface area contributed by atoms with Gasteiger partial charge in [0.15, 0.2) is 5.76 Å². The van der Waals surface area contributed by atoms with Crippen LogP contribution in [-0.4, -0.2) is 66.8 Å². The number of hydrogen-bond acceptors (Lipinski definition) is 6. The number of rotatable bonds is 3. The molecule has 9 heteroatoms. The van der Waals surface area contributed by atoms with Crippen molar-refractivity contribution < 1.29 is 28.3 Å². The first-order chi connectivity index (χ1) is 13.5. The second-order valence-electron chi connectivity index (χ2n) is 6.09. The molecule has 1 aromatic carbocycles. The lowest BCUT2D eigenvalue weighted by molar-refractivity contribution is -0.144. The van der Waals surface area contributed by atoms with Crippen LogP contribution in [0.25, 0.3) is 0 Å². The van der Waals surface area contributed by atoms with Crippen molar-refractivity contribution >= 4 is 29.4 Å². The zero-order chi connectivity index (χ0) is 20.1. The predicted molar refractivity (Wildman–Crippen MR) is 97.6 cm³/mol. The summed E-state index contributed by atoms with van der Waals surface area (Å²) >= 11 is 0. The lowest BCUT2D eigenvalue weighted by Crippen LogP contribution is -2.52. The van der Waals surface area contributed by atoms with E-state index in [4.69, 9.17) is 4.42 Å². The van der Waals surface area contributed by atoms with Gasteiger partial charge in [0.1, 0.15) is 0 Å². The summed E-state index contributed by atoms with van der Waals surface area (Å²) in [7, 11) is 1.26. The average molecular weight is 385 g/mol. The lowest BCUT2D eigenvalue weighted by Gasteiger charge is -2.33. The summed E-state index contributed by atoms with van der Waals surface area (Å²) in [5.41, 5.74) is 0.575. The van der Waals surface area contributed by atoms with Crippen molar-refractivity contribution in [2.45, 2.75) is 0 Å². The van der Waals surface area contributed by atoms with E-state index in [1.54, 1.807) is 35.2 Å².